The Kier molecular flexibility index (Phi) is 10.6. The average molecular weight is 583 g/mol. The first-order chi connectivity index (χ1) is 18.0. The molecule has 0 aromatic heterocycles. The van der Waals surface area contributed by atoms with Gasteiger partial charge in [-0.05, 0) is 48.2 Å². The summed E-state index contributed by atoms with van der Waals surface area (Å²) in [4.78, 5) is 30.2. The molecule has 206 valence electrons. The van der Waals surface area contributed by atoms with E-state index < -0.39 is 27.9 Å². The number of rotatable bonds is 9. The minimum atomic E-state index is -3.67. The Morgan fingerprint density at radius 3 is 2.45 bits per heavy atom. The first-order valence-corrected chi connectivity index (χ1v) is 14.6. The number of carbonyl (C=O) groups is 2. The van der Waals surface area contributed by atoms with E-state index in [1.54, 1.807) is 30.3 Å². The molecule has 12 heteroatoms. The largest absolute Gasteiger partial charge is 0.370 e. The number of anilines is 1. The average Bonchev–Trinajstić information content (AvgIpc) is 2.86. The van der Waals surface area contributed by atoms with E-state index in [1.165, 1.54) is 26.2 Å². The second-order valence-corrected chi connectivity index (χ2v) is 12.5. The van der Waals surface area contributed by atoms with Crippen LogP contribution in [-0.4, -0.2) is 50.6 Å². The molecule has 0 bridgehead atoms. The van der Waals surface area contributed by atoms with Crippen molar-refractivity contribution in [2.75, 3.05) is 19.4 Å². The number of aliphatic imine (C=N–C) groups is 1. The highest BCUT2D eigenvalue weighted by Crippen LogP contribution is 2.29. The molecule has 0 saturated heterocycles. The molecule has 1 fully saturated rings. The molecular formula is C26H33Cl2N5O4S. The molecule has 4 N–H and O–H groups in total. The number of hydrogen-bond acceptors (Lipinski definition) is 5. The Labute approximate surface area is 233 Å². The molecule has 2 aromatic rings. The zero-order valence-corrected chi connectivity index (χ0v) is 23.7. The van der Waals surface area contributed by atoms with E-state index >= 15 is 0 Å². The zero-order chi connectivity index (χ0) is 27.9. The van der Waals surface area contributed by atoms with Crippen LogP contribution in [0.25, 0.3) is 0 Å². The molecule has 1 aliphatic carbocycles. The quantitative estimate of drug-likeness (QED) is 0.301. The smallest absolute Gasteiger partial charge is 0.249 e. The highest BCUT2D eigenvalue weighted by atomic mass is 35.5. The highest BCUT2D eigenvalue weighted by molar-refractivity contribution is 7.89. The van der Waals surface area contributed by atoms with Gasteiger partial charge in [-0.3, -0.25) is 14.9 Å². The van der Waals surface area contributed by atoms with E-state index in [1.807, 2.05) is 0 Å². The maximum atomic E-state index is 13.3. The van der Waals surface area contributed by atoms with Crippen molar-refractivity contribution in [3.8, 4) is 0 Å². The Balaban J connectivity index is 1.75. The van der Waals surface area contributed by atoms with Gasteiger partial charge in [-0.1, -0.05) is 67.4 Å². The molecule has 2 amide bonds. The van der Waals surface area contributed by atoms with E-state index in [2.05, 4.69) is 15.6 Å². The van der Waals surface area contributed by atoms with Crippen LogP contribution in [0.2, 0.25) is 10.0 Å². The standard InChI is InChI=1S/C26H33Cl2N5O4S/c1-33(2)38(36,37)20-10-6-9-19(16-20)30-25(35)23(14-17-7-4-3-5-8-17)31-26(29)32-24(34)15-18-11-12-21(27)22(28)13-18/h6,9-13,16-17,23H,3-5,7-8,14-15H2,1-2H3,(H,30,35)(H3,29,31,32,34)/t23-/m1/s1. The van der Waals surface area contributed by atoms with Crippen molar-refractivity contribution < 1.29 is 18.0 Å². The fourth-order valence-corrected chi connectivity index (χ4v) is 5.62. The Hall–Kier alpha value is -2.66. The van der Waals surface area contributed by atoms with Crippen LogP contribution in [0.5, 0.6) is 0 Å². The molecule has 1 saturated carbocycles. The van der Waals surface area contributed by atoms with Crippen LogP contribution in [0.3, 0.4) is 0 Å². The van der Waals surface area contributed by atoms with Crippen molar-refractivity contribution >= 4 is 56.7 Å². The van der Waals surface area contributed by atoms with Crippen LogP contribution in [0.15, 0.2) is 52.4 Å². The van der Waals surface area contributed by atoms with E-state index in [0.717, 1.165) is 36.4 Å². The van der Waals surface area contributed by atoms with Crippen LogP contribution in [-0.2, 0) is 26.0 Å². The zero-order valence-electron chi connectivity index (χ0n) is 21.4. The number of hydrogen-bond donors (Lipinski definition) is 3. The fourth-order valence-electron chi connectivity index (χ4n) is 4.35. The van der Waals surface area contributed by atoms with Crippen LogP contribution in [0.1, 0.15) is 44.1 Å². The minimum Gasteiger partial charge on any atom is -0.370 e. The number of nitrogens with zero attached hydrogens (tertiary/aromatic N) is 2. The predicted octanol–water partition coefficient (Wildman–Crippen LogP) is 4.19. The molecule has 1 aliphatic rings. The van der Waals surface area contributed by atoms with Gasteiger partial charge in [-0.2, -0.15) is 0 Å². The number of guanidine groups is 1. The van der Waals surface area contributed by atoms with Gasteiger partial charge < -0.3 is 11.1 Å². The maximum absolute atomic E-state index is 13.3. The number of sulfonamides is 1. The lowest BCUT2D eigenvalue weighted by molar-refractivity contribution is -0.119. The van der Waals surface area contributed by atoms with Gasteiger partial charge in [0.15, 0.2) is 5.96 Å². The molecule has 0 unspecified atom stereocenters. The molecule has 9 nitrogen and oxygen atoms in total. The molecule has 1 atom stereocenters. The summed E-state index contributed by atoms with van der Waals surface area (Å²) in [5.74, 6) is -0.724. The summed E-state index contributed by atoms with van der Waals surface area (Å²) in [6.07, 6.45) is 5.77. The molecule has 3 rings (SSSR count). The second kappa shape index (κ2) is 13.4. The van der Waals surface area contributed by atoms with E-state index in [-0.39, 0.29) is 17.3 Å². The van der Waals surface area contributed by atoms with E-state index in [4.69, 9.17) is 28.9 Å². The van der Waals surface area contributed by atoms with Gasteiger partial charge >= 0.3 is 0 Å². The van der Waals surface area contributed by atoms with Gasteiger partial charge in [0.25, 0.3) is 0 Å². The summed E-state index contributed by atoms with van der Waals surface area (Å²) >= 11 is 12.0. The molecule has 38 heavy (non-hydrogen) atoms. The Bertz CT molecular complexity index is 1290. The van der Waals surface area contributed by atoms with Gasteiger partial charge in [0, 0.05) is 19.8 Å². The highest BCUT2D eigenvalue weighted by Gasteiger charge is 2.25. The molecule has 0 radical (unpaired) electrons. The fraction of sp³-hybridized carbons (Fsp3) is 0.423. The predicted molar refractivity (Wildman–Crippen MR) is 151 cm³/mol. The van der Waals surface area contributed by atoms with Gasteiger partial charge in [-0.15, -0.1) is 0 Å². The minimum absolute atomic E-state index is 0.000260. The second-order valence-electron chi connectivity index (χ2n) is 9.55. The Morgan fingerprint density at radius 1 is 1.08 bits per heavy atom. The van der Waals surface area contributed by atoms with E-state index in [0.29, 0.717) is 33.6 Å². The third-order valence-corrected chi connectivity index (χ3v) is 8.93. The first-order valence-electron chi connectivity index (χ1n) is 12.4. The molecule has 0 spiro atoms. The maximum Gasteiger partial charge on any atom is 0.249 e. The van der Waals surface area contributed by atoms with Crippen molar-refractivity contribution in [2.24, 2.45) is 16.6 Å². The van der Waals surface area contributed by atoms with Gasteiger partial charge in [-0.25, -0.2) is 17.7 Å². The molecule has 0 aliphatic heterocycles. The summed E-state index contributed by atoms with van der Waals surface area (Å²) in [7, 11) is -0.793. The summed E-state index contributed by atoms with van der Waals surface area (Å²) < 4.78 is 26.1. The first kappa shape index (κ1) is 29.9. The van der Waals surface area contributed by atoms with Crippen molar-refractivity contribution in [3.05, 3.63) is 58.1 Å². The lowest BCUT2D eigenvalue weighted by atomic mass is 9.84. The molecule has 2 aromatic carbocycles. The third-order valence-electron chi connectivity index (χ3n) is 6.38. The lowest BCUT2D eigenvalue weighted by Gasteiger charge is -2.24. The van der Waals surface area contributed by atoms with Crippen LogP contribution < -0.4 is 16.4 Å². The number of halogens is 2. The summed E-state index contributed by atoms with van der Waals surface area (Å²) in [5.41, 5.74) is 7.01. The number of nitrogens with one attached hydrogen (secondary N) is 2. The topological polar surface area (TPSA) is 134 Å². The summed E-state index contributed by atoms with van der Waals surface area (Å²) in [6.45, 7) is 0. The molecule has 0 heterocycles. The third kappa shape index (κ3) is 8.42. The normalized spacial score (nSPS) is 15.8. The number of benzene rings is 2. The van der Waals surface area contributed by atoms with Crippen LogP contribution in [0, 0.1) is 5.92 Å². The number of nitrogens with two attached hydrogens (primary N) is 1. The SMILES string of the molecule is CN(C)S(=O)(=O)c1cccc(NC(=O)[C@@H](CC2CCCCC2)N=C(N)NC(=O)Cc2ccc(Cl)c(Cl)c2)c1. The van der Waals surface area contributed by atoms with E-state index in [9.17, 15) is 18.0 Å². The van der Waals surface area contributed by atoms with Gasteiger partial charge in [0.05, 0.1) is 21.4 Å². The van der Waals surface area contributed by atoms with Gasteiger partial charge in [0.1, 0.15) is 6.04 Å². The van der Waals surface area contributed by atoms with Crippen molar-refractivity contribution in [2.45, 2.75) is 55.9 Å². The van der Waals surface area contributed by atoms with Crippen molar-refractivity contribution in [1.29, 1.82) is 0 Å². The van der Waals surface area contributed by atoms with Crippen LogP contribution >= 0.6 is 23.2 Å². The number of amides is 2. The monoisotopic (exact) mass is 581 g/mol. The van der Waals surface area contributed by atoms with Crippen molar-refractivity contribution in [3.63, 3.8) is 0 Å². The summed E-state index contributed by atoms with van der Waals surface area (Å²) in [6, 6.07) is 10.1. The summed E-state index contributed by atoms with van der Waals surface area (Å²) in [5, 5.41) is 6.03. The van der Waals surface area contributed by atoms with Gasteiger partial charge in [0.2, 0.25) is 21.8 Å². The lowest BCUT2D eigenvalue weighted by Crippen LogP contribution is -2.40. The Morgan fingerprint density at radius 2 is 1.79 bits per heavy atom. The molecular weight excluding hydrogens is 549 g/mol. The van der Waals surface area contributed by atoms with Crippen molar-refractivity contribution in [1.82, 2.24) is 9.62 Å². The number of carbonyl (C=O) groups excluding carboxylic acids is 2. The van der Waals surface area contributed by atoms with Crippen LogP contribution in [0.4, 0.5) is 5.69 Å².